The van der Waals surface area contributed by atoms with Crippen LogP contribution in [-0.4, -0.2) is 35.3 Å². The van der Waals surface area contributed by atoms with E-state index in [1.165, 1.54) is 43.2 Å². The molecule has 0 spiro atoms. The minimum absolute atomic E-state index is 0.00186. The summed E-state index contributed by atoms with van der Waals surface area (Å²) in [6.45, 7) is 0. The molecule has 0 unspecified atom stereocenters. The lowest BCUT2D eigenvalue weighted by Gasteiger charge is -2.12. The molecule has 0 atom stereocenters. The van der Waals surface area contributed by atoms with Crippen LogP contribution >= 0.6 is 0 Å². The van der Waals surface area contributed by atoms with E-state index in [-0.39, 0.29) is 45.7 Å². The Labute approximate surface area is 199 Å². The summed E-state index contributed by atoms with van der Waals surface area (Å²) < 4.78 is 47.5. The van der Waals surface area contributed by atoms with Crippen LogP contribution in [0.15, 0.2) is 41.6 Å². The van der Waals surface area contributed by atoms with E-state index in [4.69, 9.17) is 9.84 Å². The van der Waals surface area contributed by atoms with Crippen LogP contribution in [0.4, 0.5) is 35.4 Å². The number of fused-ring (bicyclic) bond motifs is 1. The van der Waals surface area contributed by atoms with Crippen LogP contribution in [0.2, 0.25) is 0 Å². The molecule has 4 rings (SSSR count). The van der Waals surface area contributed by atoms with Crippen molar-refractivity contribution in [2.75, 3.05) is 10.6 Å². The number of ether oxygens (including phenoxy) is 1. The highest BCUT2D eigenvalue weighted by Gasteiger charge is 2.32. The zero-order valence-electron chi connectivity index (χ0n) is 18.5. The number of rotatable bonds is 5. The second-order valence-corrected chi connectivity index (χ2v) is 7.37. The number of anilines is 3. The fourth-order valence-electron chi connectivity index (χ4n) is 3.31. The van der Waals surface area contributed by atoms with E-state index in [1.807, 2.05) is 6.07 Å². The van der Waals surface area contributed by atoms with Gasteiger partial charge in [-0.05, 0) is 12.1 Å². The Morgan fingerprint density at radius 2 is 2.00 bits per heavy atom. The summed E-state index contributed by atoms with van der Waals surface area (Å²) in [7, 11) is 2.66. The van der Waals surface area contributed by atoms with Gasteiger partial charge in [0, 0.05) is 32.6 Å². The predicted molar refractivity (Wildman–Crippen MR) is 119 cm³/mol. The van der Waals surface area contributed by atoms with Crippen molar-refractivity contribution >= 4 is 34.7 Å². The zero-order chi connectivity index (χ0) is 26.2. The van der Waals surface area contributed by atoms with Gasteiger partial charge in [-0.3, -0.25) is 10.1 Å². The zero-order valence-corrected chi connectivity index (χ0v) is 18.5. The number of hydrogen-bond acceptors (Lipinski definition) is 8. The van der Waals surface area contributed by atoms with Gasteiger partial charge in [0.25, 0.3) is 5.56 Å². The molecule has 15 heteroatoms. The van der Waals surface area contributed by atoms with Crippen LogP contribution in [0, 0.1) is 11.3 Å². The highest BCUT2D eigenvalue weighted by molar-refractivity contribution is 5.84. The minimum atomic E-state index is -4.68. The van der Waals surface area contributed by atoms with Gasteiger partial charge in [0.2, 0.25) is 5.95 Å². The Balaban J connectivity index is 1.74. The summed E-state index contributed by atoms with van der Waals surface area (Å²) in [6, 6.07) is 5.37. The van der Waals surface area contributed by atoms with Crippen LogP contribution < -0.4 is 20.9 Å². The summed E-state index contributed by atoms with van der Waals surface area (Å²) in [5.74, 6) is 0.100. The van der Waals surface area contributed by atoms with Gasteiger partial charge in [0.1, 0.15) is 34.4 Å². The largest absolute Gasteiger partial charge is 0.465 e. The van der Waals surface area contributed by atoms with E-state index in [9.17, 15) is 28.0 Å². The van der Waals surface area contributed by atoms with Crippen molar-refractivity contribution in [1.29, 1.82) is 5.26 Å². The van der Waals surface area contributed by atoms with Crippen LogP contribution in [0.3, 0.4) is 0 Å². The molecule has 0 aromatic carbocycles. The van der Waals surface area contributed by atoms with Crippen molar-refractivity contribution in [3.05, 3.63) is 58.3 Å². The van der Waals surface area contributed by atoms with E-state index in [0.717, 1.165) is 4.57 Å². The Hall–Kier alpha value is -5.13. The standard InChI is InChI=1S/C21H15F3N8O4/c1-31-9-10(21(22,23)24)5-13(18(31)33)28-19-30-17-16(32(19)2)12(7-25)14(8-27-17)36-11-3-4-26-15(6-11)29-20(34)35/h3-6,8-9H,1-2H3,(H,26,29)(H,34,35)(H,27,28,30). The molecule has 3 N–H and O–H groups in total. The molecule has 184 valence electrons. The van der Waals surface area contributed by atoms with Gasteiger partial charge >= 0.3 is 12.3 Å². The van der Waals surface area contributed by atoms with Crippen LogP contribution in [0.5, 0.6) is 11.5 Å². The first-order valence-corrected chi connectivity index (χ1v) is 9.92. The monoisotopic (exact) mass is 500 g/mol. The molecule has 4 aromatic heterocycles. The first-order valence-electron chi connectivity index (χ1n) is 9.92. The first-order chi connectivity index (χ1) is 17.0. The molecule has 0 aliphatic rings. The summed E-state index contributed by atoms with van der Waals surface area (Å²) in [4.78, 5) is 35.4. The quantitative estimate of drug-likeness (QED) is 0.372. The molecule has 0 radical (unpaired) electrons. The molecule has 0 saturated heterocycles. The number of nitriles is 1. The molecule has 0 fully saturated rings. The average molecular weight is 500 g/mol. The van der Waals surface area contributed by atoms with E-state index in [0.29, 0.717) is 12.3 Å². The molecule has 0 aliphatic heterocycles. The van der Waals surface area contributed by atoms with Crippen molar-refractivity contribution in [1.82, 2.24) is 24.1 Å². The molecule has 0 saturated carbocycles. The van der Waals surface area contributed by atoms with Crippen molar-refractivity contribution < 1.29 is 27.8 Å². The Bertz CT molecular complexity index is 1600. The van der Waals surface area contributed by atoms with Crippen LogP contribution in [-0.2, 0) is 20.3 Å². The summed E-state index contributed by atoms with van der Waals surface area (Å²) in [5.41, 5.74) is -1.90. The molecular formula is C21H15F3N8O4. The number of pyridine rings is 3. The van der Waals surface area contributed by atoms with Gasteiger partial charge in [-0.15, -0.1) is 0 Å². The lowest BCUT2D eigenvalue weighted by molar-refractivity contribution is -0.138. The van der Waals surface area contributed by atoms with E-state index >= 15 is 0 Å². The van der Waals surface area contributed by atoms with E-state index < -0.39 is 23.4 Å². The van der Waals surface area contributed by atoms with Gasteiger partial charge < -0.3 is 24.3 Å². The third kappa shape index (κ3) is 4.59. The number of aryl methyl sites for hydroxylation is 2. The molecular weight excluding hydrogens is 485 g/mol. The summed E-state index contributed by atoms with van der Waals surface area (Å²) in [6.07, 6.45) is -2.82. The van der Waals surface area contributed by atoms with Crippen molar-refractivity contribution in [3.63, 3.8) is 0 Å². The maximum Gasteiger partial charge on any atom is 0.417 e. The molecule has 12 nitrogen and oxygen atoms in total. The van der Waals surface area contributed by atoms with Crippen molar-refractivity contribution in [2.24, 2.45) is 14.1 Å². The third-order valence-electron chi connectivity index (χ3n) is 4.93. The van der Waals surface area contributed by atoms with Gasteiger partial charge in [-0.1, -0.05) is 0 Å². The maximum atomic E-state index is 13.2. The second kappa shape index (κ2) is 8.91. The highest BCUT2D eigenvalue weighted by Crippen LogP contribution is 2.33. The van der Waals surface area contributed by atoms with Crippen LogP contribution in [0.1, 0.15) is 11.1 Å². The molecule has 1 amide bonds. The number of carboxylic acid groups (broad SMARTS) is 1. The fraction of sp³-hybridized carbons (Fsp3) is 0.143. The number of alkyl halides is 3. The van der Waals surface area contributed by atoms with Crippen LogP contribution in [0.25, 0.3) is 11.2 Å². The van der Waals surface area contributed by atoms with E-state index in [2.05, 4.69) is 25.6 Å². The molecule has 0 aliphatic carbocycles. The van der Waals surface area contributed by atoms with Crippen molar-refractivity contribution in [2.45, 2.75) is 6.18 Å². The number of nitrogens with zero attached hydrogens (tertiary/aromatic N) is 6. The third-order valence-corrected chi connectivity index (χ3v) is 4.93. The number of hydrogen-bond donors (Lipinski definition) is 3. The number of imidazole rings is 1. The maximum absolute atomic E-state index is 13.2. The van der Waals surface area contributed by atoms with Gasteiger partial charge in [-0.25, -0.2) is 14.8 Å². The predicted octanol–water partition coefficient (Wildman–Crippen LogP) is 3.58. The molecule has 36 heavy (non-hydrogen) atoms. The van der Waals surface area contributed by atoms with Gasteiger partial charge in [0.05, 0.1) is 11.8 Å². The lowest BCUT2D eigenvalue weighted by Crippen LogP contribution is -2.23. The Kier molecular flexibility index (Phi) is 5.94. The fourth-order valence-corrected chi connectivity index (χ4v) is 3.31. The number of amides is 1. The highest BCUT2D eigenvalue weighted by atomic mass is 19.4. The summed E-state index contributed by atoms with van der Waals surface area (Å²) >= 11 is 0. The molecule has 4 heterocycles. The number of nitrogens with one attached hydrogen (secondary N) is 2. The van der Waals surface area contributed by atoms with Gasteiger partial charge in [-0.2, -0.15) is 23.4 Å². The topological polar surface area (TPSA) is 160 Å². The second-order valence-electron chi connectivity index (χ2n) is 7.37. The summed E-state index contributed by atoms with van der Waals surface area (Å²) in [5, 5.41) is 23.3. The lowest BCUT2D eigenvalue weighted by atomic mass is 10.2. The Morgan fingerprint density at radius 3 is 2.67 bits per heavy atom. The number of halogens is 3. The van der Waals surface area contributed by atoms with Gasteiger partial charge in [0.15, 0.2) is 11.4 Å². The SMILES string of the molecule is Cn1cc(C(F)(F)F)cc(Nc2nc3ncc(Oc4ccnc(NC(=O)O)c4)c(C#N)c3n2C)c1=O. The smallest absolute Gasteiger partial charge is 0.417 e. The first kappa shape index (κ1) is 24.0. The molecule has 0 bridgehead atoms. The van der Waals surface area contributed by atoms with Crippen molar-refractivity contribution in [3.8, 4) is 17.6 Å². The Morgan fingerprint density at radius 1 is 1.25 bits per heavy atom. The number of aromatic nitrogens is 5. The number of carbonyl (C=O) groups is 1. The molecule has 4 aromatic rings. The normalized spacial score (nSPS) is 11.2. The van der Waals surface area contributed by atoms with E-state index in [1.54, 1.807) is 0 Å². The minimum Gasteiger partial charge on any atom is -0.465 e. The average Bonchev–Trinajstić information content (AvgIpc) is 3.11.